The monoisotopic (exact) mass is 386 g/mol. The standard InChI is InChI=1S/C17H12F2N6O3/c1-8(9-5-21-12(4-20)22-6-9)23-13(26)7-25-16(27)14-11(24-17(25)28)3-2-10(18)15(14)19/h2-3,5-6,8H,7H2,1H3,(H,23,26)(H,24,28)/t8-/m0/s1. The van der Waals surface area contributed by atoms with Gasteiger partial charge >= 0.3 is 5.69 Å². The second-order valence-corrected chi connectivity index (χ2v) is 5.85. The molecule has 1 atom stereocenters. The number of carbonyl (C=O) groups is 1. The predicted molar refractivity (Wildman–Crippen MR) is 92.0 cm³/mol. The van der Waals surface area contributed by atoms with Crippen molar-refractivity contribution in [3.05, 3.63) is 68.4 Å². The summed E-state index contributed by atoms with van der Waals surface area (Å²) in [6.45, 7) is 0.895. The van der Waals surface area contributed by atoms with E-state index in [9.17, 15) is 23.2 Å². The van der Waals surface area contributed by atoms with Crippen LogP contribution in [0, 0.1) is 23.0 Å². The zero-order chi connectivity index (χ0) is 20.4. The fourth-order valence-corrected chi connectivity index (χ4v) is 2.55. The topological polar surface area (TPSA) is 134 Å². The van der Waals surface area contributed by atoms with Crippen molar-refractivity contribution in [2.45, 2.75) is 19.5 Å². The van der Waals surface area contributed by atoms with E-state index in [-0.39, 0.29) is 11.3 Å². The summed E-state index contributed by atoms with van der Waals surface area (Å²) in [7, 11) is 0. The molecule has 3 aromatic rings. The summed E-state index contributed by atoms with van der Waals surface area (Å²) in [6, 6.07) is 3.01. The number of carbonyl (C=O) groups excluding carboxylic acids is 1. The molecule has 0 saturated carbocycles. The summed E-state index contributed by atoms with van der Waals surface area (Å²) in [5, 5.41) is 10.6. The normalized spacial score (nSPS) is 11.8. The van der Waals surface area contributed by atoms with Gasteiger partial charge in [-0.1, -0.05) is 0 Å². The van der Waals surface area contributed by atoms with Crippen molar-refractivity contribution in [3.63, 3.8) is 0 Å². The Morgan fingerprint density at radius 3 is 2.64 bits per heavy atom. The third-order valence-corrected chi connectivity index (χ3v) is 3.99. The minimum atomic E-state index is -1.41. The van der Waals surface area contributed by atoms with Gasteiger partial charge in [0, 0.05) is 18.0 Å². The Bertz CT molecular complexity index is 1230. The van der Waals surface area contributed by atoms with Crippen molar-refractivity contribution in [1.29, 1.82) is 5.26 Å². The van der Waals surface area contributed by atoms with E-state index in [0.717, 1.165) is 12.1 Å². The van der Waals surface area contributed by atoms with Crippen molar-refractivity contribution >= 4 is 16.8 Å². The highest BCUT2D eigenvalue weighted by molar-refractivity contribution is 5.79. The number of nitriles is 1. The van der Waals surface area contributed by atoms with E-state index < -0.39 is 46.8 Å². The number of benzene rings is 1. The summed E-state index contributed by atoms with van der Waals surface area (Å²) < 4.78 is 27.8. The first-order valence-electron chi connectivity index (χ1n) is 7.94. The molecule has 0 aliphatic carbocycles. The number of rotatable bonds is 4. The molecular weight excluding hydrogens is 374 g/mol. The van der Waals surface area contributed by atoms with Crippen LogP contribution in [0.25, 0.3) is 10.9 Å². The number of fused-ring (bicyclic) bond motifs is 1. The number of nitrogens with one attached hydrogen (secondary N) is 2. The van der Waals surface area contributed by atoms with Crippen LogP contribution in [0.15, 0.2) is 34.1 Å². The Morgan fingerprint density at radius 2 is 2.00 bits per heavy atom. The molecule has 2 aromatic heterocycles. The fourth-order valence-electron chi connectivity index (χ4n) is 2.55. The second kappa shape index (κ2) is 7.36. The number of aromatic amines is 1. The number of halogens is 2. The molecule has 0 fully saturated rings. The van der Waals surface area contributed by atoms with Gasteiger partial charge in [-0.25, -0.2) is 23.5 Å². The first-order valence-corrected chi connectivity index (χ1v) is 7.94. The zero-order valence-corrected chi connectivity index (χ0v) is 14.4. The molecule has 0 radical (unpaired) electrons. The van der Waals surface area contributed by atoms with Crippen LogP contribution in [0.3, 0.4) is 0 Å². The quantitative estimate of drug-likeness (QED) is 0.671. The number of hydrogen-bond donors (Lipinski definition) is 2. The van der Waals surface area contributed by atoms with Crippen molar-refractivity contribution in [2.24, 2.45) is 0 Å². The van der Waals surface area contributed by atoms with Gasteiger partial charge in [0.25, 0.3) is 5.56 Å². The van der Waals surface area contributed by atoms with Gasteiger partial charge in [0.1, 0.15) is 18.0 Å². The van der Waals surface area contributed by atoms with Crippen molar-refractivity contribution in [3.8, 4) is 6.07 Å². The van der Waals surface area contributed by atoms with Gasteiger partial charge in [0.15, 0.2) is 11.6 Å². The van der Waals surface area contributed by atoms with Gasteiger partial charge in [0.2, 0.25) is 11.7 Å². The van der Waals surface area contributed by atoms with Crippen molar-refractivity contribution in [1.82, 2.24) is 24.8 Å². The lowest BCUT2D eigenvalue weighted by atomic mass is 10.2. The maximum Gasteiger partial charge on any atom is 0.329 e. The van der Waals surface area contributed by atoms with Crippen LogP contribution in [0.5, 0.6) is 0 Å². The Morgan fingerprint density at radius 1 is 1.32 bits per heavy atom. The first-order chi connectivity index (χ1) is 13.3. The van der Waals surface area contributed by atoms with Gasteiger partial charge < -0.3 is 10.3 Å². The highest BCUT2D eigenvalue weighted by Crippen LogP contribution is 2.14. The molecule has 9 nitrogen and oxygen atoms in total. The van der Waals surface area contributed by atoms with Crippen LogP contribution in [-0.4, -0.2) is 25.4 Å². The van der Waals surface area contributed by atoms with Crippen molar-refractivity contribution in [2.75, 3.05) is 0 Å². The van der Waals surface area contributed by atoms with Crippen LogP contribution in [0.4, 0.5) is 8.78 Å². The Kier molecular flexibility index (Phi) is 4.95. The molecule has 0 unspecified atom stereocenters. The van der Waals surface area contributed by atoms with E-state index >= 15 is 0 Å². The molecule has 3 rings (SSSR count). The molecule has 0 spiro atoms. The van der Waals surface area contributed by atoms with E-state index in [1.54, 1.807) is 13.0 Å². The van der Waals surface area contributed by atoms with Crippen LogP contribution >= 0.6 is 0 Å². The van der Waals surface area contributed by atoms with E-state index in [2.05, 4.69) is 20.3 Å². The number of aromatic nitrogens is 4. The maximum absolute atomic E-state index is 14.0. The highest BCUT2D eigenvalue weighted by atomic mass is 19.2. The summed E-state index contributed by atoms with van der Waals surface area (Å²) in [6.07, 6.45) is 2.70. The molecule has 1 aromatic carbocycles. The van der Waals surface area contributed by atoms with Gasteiger partial charge in [0.05, 0.1) is 11.6 Å². The summed E-state index contributed by atoms with van der Waals surface area (Å²) in [4.78, 5) is 46.5. The van der Waals surface area contributed by atoms with Crippen LogP contribution in [0.1, 0.15) is 24.4 Å². The number of amides is 1. The molecule has 2 heterocycles. The highest BCUT2D eigenvalue weighted by Gasteiger charge is 2.18. The van der Waals surface area contributed by atoms with Crippen molar-refractivity contribution < 1.29 is 13.6 Å². The van der Waals surface area contributed by atoms with Crippen LogP contribution in [-0.2, 0) is 11.3 Å². The van der Waals surface area contributed by atoms with Gasteiger partial charge in [-0.15, -0.1) is 0 Å². The summed E-state index contributed by atoms with van der Waals surface area (Å²) in [5.74, 6) is -3.41. The van der Waals surface area contributed by atoms with E-state index in [1.807, 2.05) is 0 Å². The van der Waals surface area contributed by atoms with E-state index in [1.165, 1.54) is 12.4 Å². The van der Waals surface area contributed by atoms with Crippen LogP contribution < -0.4 is 16.6 Å². The molecule has 0 bridgehead atoms. The first kappa shape index (κ1) is 18.8. The molecule has 2 N–H and O–H groups in total. The number of hydrogen-bond acceptors (Lipinski definition) is 6. The third-order valence-electron chi connectivity index (χ3n) is 3.99. The Labute approximate surface area is 155 Å². The SMILES string of the molecule is C[C@H](NC(=O)Cn1c(=O)[nH]c2ccc(F)c(F)c2c1=O)c1cnc(C#N)nc1. The fraction of sp³-hybridized carbons (Fsp3) is 0.176. The van der Waals surface area contributed by atoms with Gasteiger partial charge in [-0.05, 0) is 19.1 Å². The number of H-pyrrole nitrogens is 1. The molecule has 0 aliphatic heterocycles. The summed E-state index contributed by atoms with van der Waals surface area (Å²) >= 11 is 0. The minimum absolute atomic E-state index is 0.0363. The third kappa shape index (κ3) is 3.48. The predicted octanol–water partition coefficient (Wildman–Crippen LogP) is 0.507. The lowest BCUT2D eigenvalue weighted by Gasteiger charge is -2.14. The molecular formula is C17H12F2N6O3. The molecule has 0 aliphatic rings. The van der Waals surface area contributed by atoms with E-state index in [4.69, 9.17) is 5.26 Å². The Hall–Kier alpha value is -3.94. The second-order valence-electron chi connectivity index (χ2n) is 5.85. The van der Waals surface area contributed by atoms with Gasteiger partial charge in [-0.3, -0.25) is 14.2 Å². The molecule has 0 saturated heterocycles. The zero-order valence-electron chi connectivity index (χ0n) is 14.4. The molecule has 28 heavy (non-hydrogen) atoms. The maximum atomic E-state index is 14.0. The minimum Gasteiger partial charge on any atom is -0.348 e. The smallest absolute Gasteiger partial charge is 0.329 e. The largest absolute Gasteiger partial charge is 0.348 e. The lowest BCUT2D eigenvalue weighted by molar-refractivity contribution is -0.122. The van der Waals surface area contributed by atoms with E-state index in [0.29, 0.717) is 10.1 Å². The molecule has 1 amide bonds. The summed E-state index contributed by atoms with van der Waals surface area (Å²) in [5.41, 5.74) is -1.75. The average molecular weight is 386 g/mol. The van der Waals surface area contributed by atoms with Gasteiger partial charge in [-0.2, -0.15) is 5.26 Å². The number of nitrogens with zero attached hydrogens (tertiary/aromatic N) is 4. The Balaban J connectivity index is 1.86. The molecule has 142 valence electrons. The van der Waals surface area contributed by atoms with Crippen LogP contribution in [0.2, 0.25) is 0 Å². The average Bonchev–Trinajstić information content (AvgIpc) is 2.68. The molecule has 11 heteroatoms. The lowest BCUT2D eigenvalue weighted by Crippen LogP contribution is -2.41.